The first-order valence-electron chi connectivity index (χ1n) is 5.48. The fourth-order valence-electron chi connectivity index (χ4n) is 1.68. The molecule has 0 aliphatic rings. The van der Waals surface area contributed by atoms with Crippen molar-refractivity contribution in [1.29, 1.82) is 0 Å². The average Bonchev–Trinajstić information content (AvgIpc) is 2.63. The summed E-state index contributed by atoms with van der Waals surface area (Å²) >= 11 is 0. The minimum absolute atomic E-state index is 0.00204. The van der Waals surface area contributed by atoms with E-state index in [1.807, 2.05) is 34.0 Å². The van der Waals surface area contributed by atoms with E-state index in [1.165, 1.54) is 0 Å². The topological polar surface area (TPSA) is 45.5 Å². The molecule has 4 nitrogen and oxygen atoms in total. The van der Waals surface area contributed by atoms with Crippen LogP contribution in [0.1, 0.15) is 18.2 Å². The van der Waals surface area contributed by atoms with Gasteiger partial charge in [0.25, 0.3) is 0 Å². The zero-order chi connectivity index (χ0) is 12.1. The highest BCUT2D eigenvalue weighted by atomic mass is 16.3. The van der Waals surface area contributed by atoms with E-state index in [1.54, 1.807) is 11.2 Å². The van der Waals surface area contributed by atoms with E-state index < -0.39 is 0 Å². The Balaban J connectivity index is 2.55. The molecule has 0 aliphatic heterocycles. The Bertz CT molecular complexity index is 347. The van der Waals surface area contributed by atoms with Crippen LogP contribution in [0.25, 0.3) is 0 Å². The van der Waals surface area contributed by atoms with Crippen LogP contribution in [0.4, 0.5) is 0 Å². The molecule has 1 amide bonds. The molecule has 1 aromatic heterocycles. The molecule has 4 heteroatoms. The third-order valence-electron chi connectivity index (χ3n) is 2.68. The van der Waals surface area contributed by atoms with Crippen molar-refractivity contribution >= 4 is 5.91 Å². The molecular weight excluding hydrogens is 204 g/mol. The van der Waals surface area contributed by atoms with Gasteiger partial charge in [0.1, 0.15) is 5.76 Å². The van der Waals surface area contributed by atoms with Crippen molar-refractivity contribution in [3.05, 3.63) is 23.7 Å². The van der Waals surface area contributed by atoms with Gasteiger partial charge in [-0.2, -0.15) is 0 Å². The van der Waals surface area contributed by atoms with Crippen LogP contribution in [0, 0.1) is 12.8 Å². The van der Waals surface area contributed by atoms with Crippen LogP contribution in [-0.4, -0.2) is 31.4 Å². The molecule has 0 bridgehead atoms. The largest absolute Gasteiger partial charge is 0.469 e. The molecule has 1 heterocycles. The lowest BCUT2D eigenvalue weighted by atomic mass is 10.1. The Morgan fingerprint density at radius 3 is 2.81 bits per heavy atom. The number of hydrogen-bond donors (Lipinski definition) is 1. The third kappa shape index (κ3) is 3.10. The van der Waals surface area contributed by atoms with Gasteiger partial charge in [-0.05, 0) is 20.0 Å². The Labute approximate surface area is 96.6 Å². The molecule has 1 rings (SSSR count). The third-order valence-corrected chi connectivity index (χ3v) is 2.68. The number of carbonyl (C=O) groups excluding carboxylic acids is 1. The van der Waals surface area contributed by atoms with E-state index in [4.69, 9.17) is 4.42 Å². The highest BCUT2D eigenvalue weighted by Crippen LogP contribution is 2.12. The summed E-state index contributed by atoms with van der Waals surface area (Å²) in [6, 6.07) is 1.90. The Morgan fingerprint density at radius 2 is 2.31 bits per heavy atom. The first-order chi connectivity index (χ1) is 7.56. The number of furan rings is 1. The number of amides is 1. The van der Waals surface area contributed by atoms with Gasteiger partial charge < -0.3 is 14.6 Å². The first-order valence-corrected chi connectivity index (χ1v) is 5.48. The van der Waals surface area contributed by atoms with Crippen molar-refractivity contribution in [2.24, 2.45) is 5.92 Å². The zero-order valence-corrected chi connectivity index (χ0v) is 10.4. The molecule has 1 N–H and O–H groups in total. The molecule has 0 fully saturated rings. The number of rotatable bonds is 5. The number of nitrogens with one attached hydrogen (secondary N) is 1. The van der Waals surface area contributed by atoms with Crippen molar-refractivity contribution in [3.8, 4) is 0 Å². The van der Waals surface area contributed by atoms with Crippen LogP contribution < -0.4 is 5.32 Å². The molecule has 1 aromatic rings. The van der Waals surface area contributed by atoms with Gasteiger partial charge in [-0.1, -0.05) is 6.92 Å². The maximum atomic E-state index is 11.9. The highest BCUT2D eigenvalue weighted by molar-refractivity contribution is 5.78. The van der Waals surface area contributed by atoms with Crippen molar-refractivity contribution in [2.75, 3.05) is 20.6 Å². The lowest BCUT2D eigenvalue weighted by Gasteiger charge is -2.21. The van der Waals surface area contributed by atoms with E-state index in [9.17, 15) is 4.79 Å². The number of hydrogen-bond acceptors (Lipinski definition) is 3. The van der Waals surface area contributed by atoms with Gasteiger partial charge in [-0.25, -0.2) is 0 Å². The van der Waals surface area contributed by atoms with Crippen molar-refractivity contribution in [3.63, 3.8) is 0 Å². The number of carbonyl (C=O) groups is 1. The zero-order valence-electron chi connectivity index (χ0n) is 10.4. The van der Waals surface area contributed by atoms with Gasteiger partial charge in [-0.15, -0.1) is 0 Å². The summed E-state index contributed by atoms with van der Waals surface area (Å²) in [6.45, 7) is 5.14. The highest BCUT2D eigenvalue weighted by Gasteiger charge is 2.17. The summed E-state index contributed by atoms with van der Waals surface area (Å²) < 4.78 is 5.20. The van der Waals surface area contributed by atoms with E-state index >= 15 is 0 Å². The smallest absolute Gasteiger partial charge is 0.226 e. The molecule has 0 saturated carbocycles. The van der Waals surface area contributed by atoms with Gasteiger partial charge in [-0.3, -0.25) is 4.79 Å². The molecule has 1 unspecified atom stereocenters. The molecule has 0 aromatic carbocycles. The molecule has 1 atom stereocenters. The Kier molecular flexibility index (Phi) is 4.55. The quantitative estimate of drug-likeness (QED) is 0.822. The molecule has 0 radical (unpaired) electrons. The monoisotopic (exact) mass is 224 g/mol. The van der Waals surface area contributed by atoms with Crippen LogP contribution in [-0.2, 0) is 11.3 Å². The minimum Gasteiger partial charge on any atom is -0.469 e. The lowest BCUT2D eigenvalue weighted by Crippen LogP contribution is -2.35. The Hall–Kier alpha value is -1.29. The first kappa shape index (κ1) is 12.8. The van der Waals surface area contributed by atoms with Gasteiger partial charge >= 0.3 is 0 Å². The van der Waals surface area contributed by atoms with E-state index in [0.29, 0.717) is 13.1 Å². The fourth-order valence-corrected chi connectivity index (χ4v) is 1.68. The summed E-state index contributed by atoms with van der Waals surface area (Å²) in [4.78, 5) is 13.7. The van der Waals surface area contributed by atoms with Gasteiger partial charge in [0.2, 0.25) is 5.91 Å². The number of nitrogens with zero attached hydrogens (tertiary/aromatic N) is 1. The second kappa shape index (κ2) is 5.70. The van der Waals surface area contributed by atoms with Crippen molar-refractivity contribution in [1.82, 2.24) is 10.2 Å². The second-order valence-corrected chi connectivity index (χ2v) is 4.16. The normalized spacial score (nSPS) is 12.5. The van der Waals surface area contributed by atoms with Crippen LogP contribution in [0.5, 0.6) is 0 Å². The van der Waals surface area contributed by atoms with E-state index in [-0.39, 0.29) is 11.8 Å². The van der Waals surface area contributed by atoms with Crippen molar-refractivity contribution in [2.45, 2.75) is 20.4 Å². The maximum Gasteiger partial charge on any atom is 0.226 e. The Morgan fingerprint density at radius 1 is 1.62 bits per heavy atom. The van der Waals surface area contributed by atoms with Crippen molar-refractivity contribution < 1.29 is 9.21 Å². The summed E-state index contributed by atoms with van der Waals surface area (Å²) in [6.07, 6.45) is 1.65. The number of aryl methyl sites for hydroxylation is 1. The van der Waals surface area contributed by atoms with Crippen LogP contribution >= 0.6 is 0 Å². The fraction of sp³-hybridized carbons (Fsp3) is 0.583. The van der Waals surface area contributed by atoms with E-state index in [0.717, 1.165) is 11.3 Å². The molecule has 16 heavy (non-hydrogen) atoms. The standard InChI is InChI=1S/C12H20N2O2/c1-9(7-13-3)12(15)14(4)8-11-5-6-16-10(11)2/h5-6,9,13H,7-8H2,1-4H3. The molecule has 0 saturated heterocycles. The van der Waals surface area contributed by atoms with Gasteiger partial charge in [0, 0.05) is 31.6 Å². The van der Waals surface area contributed by atoms with Crippen LogP contribution in [0.2, 0.25) is 0 Å². The van der Waals surface area contributed by atoms with Crippen LogP contribution in [0.3, 0.4) is 0 Å². The molecule has 0 spiro atoms. The predicted molar refractivity (Wildman–Crippen MR) is 63.0 cm³/mol. The summed E-state index contributed by atoms with van der Waals surface area (Å²) in [5.74, 6) is 1.03. The van der Waals surface area contributed by atoms with Gasteiger partial charge in [0.05, 0.1) is 6.26 Å². The predicted octanol–water partition coefficient (Wildman–Crippen LogP) is 1.40. The molecule has 90 valence electrons. The second-order valence-electron chi connectivity index (χ2n) is 4.16. The van der Waals surface area contributed by atoms with E-state index in [2.05, 4.69) is 5.32 Å². The van der Waals surface area contributed by atoms with Gasteiger partial charge in [0.15, 0.2) is 0 Å². The maximum absolute atomic E-state index is 11.9. The molecular formula is C12H20N2O2. The van der Waals surface area contributed by atoms with Crippen LogP contribution in [0.15, 0.2) is 16.7 Å². The summed E-state index contributed by atoms with van der Waals surface area (Å²) in [5, 5.41) is 3.01. The summed E-state index contributed by atoms with van der Waals surface area (Å²) in [5.41, 5.74) is 1.06. The molecule has 0 aliphatic carbocycles. The minimum atomic E-state index is 0.00204. The summed E-state index contributed by atoms with van der Waals surface area (Å²) in [7, 11) is 3.67. The average molecular weight is 224 g/mol. The lowest BCUT2D eigenvalue weighted by molar-refractivity contribution is -0.134. The SMILES string of the molecule is CNCC(C)C(=O)N(C)Cc1ccoc1C.